The third-order valence-electron chi connectivity index (χ3n) is 4.22. The third-order valence-corrected chi connectivity index (χ3v) is 4.98. The average Bonchev–Trinajstić information content (AvgIpc) is 3.28. The number of aromatic nitrogens is 2. The predicted octanol–water partition coefficient (Wildman–Crippen LogP) is 3.51. The van der Waals surface area contributed by atoms with Crippen molar-refractivity contribution in [2.45, 2.75) is 20.4 Å². The van der Waals surface area contributed by atoms with Gasteiger partial charge in [-0.1, -0.05) is 12.1 Å². The maximum atomic E-state index is 12.6. The molecule has 1 N–H and O–H groups in total. The van der Waals surface area contributed by atoms with E-state index in [1.54, 1.807) is 24.6 Å². The molecule has 0 bridgehead atoms. The fourth-order valence-corrected chi connectivity index (χ4v) is 3.59. The maximum Gasteiger partial charge on any atom is 0.253 e. The number of hydrogen-bond acceptors (Lipinski definition) is 5. The summed E-state index contributed by atoms with van der Waals surface area (Å²) < 4.78 is 12.5. The highest BCUT2D eigenvalue weighted by Gasteiger charge is 2.17. The van der Waals surface area contributed by atoms with Crippen LogP contribution in [0.25, 0.3) is 5.13 Å². The van der Waals surface area contributed by atoms with E-state index >= 15 is 0 Å². The van der Waals surface area contributed by atoms with Crippen LogP contribution in [0.3, 0.4) is 0 Å². The molecule has 0 radical (unpaired) electrons. The number of nitrogens with one attached hydrogen (secondary N) is 1. The Morgan fingerprint density at radius 2 is 2.00 bits per heavy atom. The van der Waals surface area contributed by atoms with E-state index in [9.17, 15) is 4.79 Å². The van der Waals surface area contributed by atoms with Gasteiger partial charge in [-0.2, -0.15) is 0 Å². The van der Waals surface area contributed by atoms with Gasteiger partial charge in [0.15, 0.2) is 5.13 Å². The summed E-state index contributed by atoms with van der Waals surface area (Å²) in [5, 5.41) is 5.78. The molecule has 27 heavy (non-hydrogen) atoms. The van der Waals surface area contributed by atoms with Gasteiger partial charge in [0.25, 0.3) is 5.91 Å². The van der Waals surface area contributed by atoms with Crippen molar-refractivity contribution in [3.63, 3.8) is 0 Å². The first-order chi connectivity index (χ1) is 13.1. The monoisotopic (exact) mass is 385 g/mol. The Morgan fingerprint density at radius 1 is 1.22 bits per heavy atom. The second kappa shape index (κ2) is 8.83. The Balaban J connectivity index is 1.62. The van der Waals surface area contributed by atoms with Gasteiger partial charge in [-0.25, -0.2) is 4.98 Å². The molecule has 2 heterocycles. The van der Waals surface area contributed by atoms with Crippen molar-refractivity contribution in [1.82, 2.24) is 14.9 Å². The van der Waals surface area contributed by atoms with Crippen molar-refractivity contribution in [1.29, 1.82) is 0 Å². The van der Waals surface area contributed by atoms with E-state index in [0.29, 0.717) is 25.3 Å². The molecule has 0 aliphatic heterocycles. The molecule has 0 aliphatic rings. The predicted molar refractivity (Wildman–Crippen MR) is 106 cm³/mol. The van der Waals surface area contributed by atoms with Crippen LogP contribution >= 0.6 is 11.3 Å². The topological polar surface area (TPSA) is 65.4 Å². The van der Waals surface area contributed by atoms with E-state index in [4.69, 9.17) is 9.47 Å². The molecular weight excluding hydrogens is 362 g/mol. The van der Waals surface area contributed by atoms with Crippen LogP contribution in [0.1, 0.15) is 27.3 Å². The summed E-state index contributed by atoms with van der Waals surface area (Å²) in [7, 11) is 1.64. The highest BCUT2D eigenvalue weighted by molar-refractivity contribution is 7.12. The van der Waals surface area contributed by atoms with Crippen molar-refractivity contribution in [2.24, 2.45) is 0 Å². The Labute approximate surface area is 162 Å². The largest absolute Gasteiger partial charge is 0.491 e. The lowest BCUT2D eigenvalue weighted by molar-refractivity contribution is 0.0950. The zero-order chi connectivity index (χ0) is 19.2. The van der Waals surface area contributed by atoms with Gasteiger partial charge in [0.05, 0.1) is 12.2 Å². The number of amides is 1. The van der Waals surface area contributed by atoms with Crippen LogP contribution in [-0.4, -0.2) is 35.8 Å². The molecule has 7 heteroatoms. The number of carbonyl (C=O) groups is 1. The van der Waals surface area contributed by atoms with Gasteiger partial charge >= 0.3 is 0 Å². The number of hydrogen-bond donors (Lipinski definition) is 1. The van der Waals surface area contributed by atoms with Crippen LogP contribution in [0.2, 0.25) is 0 Å². The number of methoxy groups -OCH3 is 1. The van der Waals surface area contributed by atoms with Gasteiger partial charge in [-0.15, -0.1) is 11.3 Å². The first-order valence-electron chi connectivity index (χ1n) is 8.68. The van der Waals surface area contributed by atoms with Gasteiger partial charge in [0, 0.05) is 36.6 Å². The van der Waals surface area contributed by atoms with Gasteiger partial charge in [0.1, 0.15) is 12.4 Å². The fourth-order valence-electron chi connectivity index (χ4n) is 2.84. The molecule has 2 aromatic heterocycles. The van der Waals surface area contributed by atoms with E-state index in [-0.39, 0.29) is 5.91 Å². The van der Waals surface area contributed by atoms with E-state index in [0.717, 1.165) is 27.8 Å². The maximum absolute atomic E-state index is 12.6. The lowest BCUT2D eigenvalue weighted by Crippen LogP contribution is -2.23. The molecule has 0 fully saturated rings. The highest BCUT2D eigenvalue weighted by atomic mass is 32.1. The van der Waals surface area contributed by atoms with E-state index in [1.165, 1.54) is 0 Å². The number of ether oxygens (including phenoxy) is 2. The SMILES string of the molecule is COCCOc1ccc(CNC(=O)c2cc(C)n(-c3nccs3)c2C)cc1. The molecular formula is C20H23N3O3S. The zero-order valence-electron chi connectivity index (χ0n) is 15.7. The Kier molecular flexibility index (Phi) is 6.26. The molecule has 1 aromatic carbocycles. The molecule has 0 saturated carbocycles. The third kappa shape index (κ3) is 4.56. The Bertz CT molecular complexity index is 886. The van der Waals surface area contributed by atoms with Gasteiger partial charge in [-0.05, 0) is 37.6 Å². The van der Waals surface area contributed by atoms with Gasteiger partial charge in [0.2, 0.25) is 0 Å². The van der Waals surface area contributed by atoms with Crippen molar-refractivity contribution in [3.05, 3.63) is 64.4 Å². The lowest BCUT2D eigenvalue weighted by atomic mass is 10.2. The second-order valence-electron chi connectivity index (χ2n) is 6.10. The molecule has 6 nitrogen and oxygen atoms in total. The van der Waals surface area contributed by atoms with Crippen LogP contribution in [-0.2, 0) is 11.3 Å². The summed E-state index contributed by atoms with van der Waals surface area (Å²) >= 11 is 1.55. The average molecular weight is 385 g/mol. The minimum atomic E-state index is -0.0914. The summed E-state index contributed by atoms with van der Waals surface area (Å²) in [6, 6.07) is 9.58. The minimum absolute atomic E-state index is 0.0914. The molecule has 142 valence electrons. The van der Waals surface area contributed by atoms with Crippen molar-refractivity contribution >= 4 is 17.2 Å². The number of benzene rings is 1. The molecule has 3 rings (SSSR count). The number of nitrogens with zero attached hydrogens (tertiary/aromatic N) is 2. The van der Waals surface area contributed by atoms with E-state index in [2.05, 4.69) is 10.3 Å². The number of carbonyl (C=O) groups excluding carboxylic acids is 1. The van der Waals surface area contributed by atoms with Crippen LogP contribution in [0.15, 0.2) is 41.9 Å². The zero-order valence-corrected chi connectivity index (χ0v) is 16.5. The molecule has 0 spiro atoms. The second-order valence-corrected chi connectivity index (χ2v) is 6.98. The summed E-state index contributed by atoms with van der Waals surface area (Å²) in [6.45, 7) is 5.44. The van der Waals surface area contributed by atoms with Gasteiger partial charge < -0.3 is 14.8 Å². The van der Waals surface area contributed by atoms with Crippen molar-refractivity contribution < 1.29 is 14.3 Å². The van der Waals surface area contributed by atoms with E-state index in [1.807, 2.05) is 54.1 Å². The normalized spacial score (nSPS) is 10.8. The standard InChI is InChI=1S/C20H23N3O3S/c1-14-12-18(15(2)23(14)20-21-8-11-27-20)19(24)22-13-16-4-6-17(7-5-16)26-10-9-25-3/h4-8,11-12H,9-10,13H2,1-3H3,(H,22,24). The summed E-state index contributed by atoms with van der Waals surface area (Å²) in [5.74, 6) is 0.695. The van der Waals surface area contributed by atoms with Crippen molar-refractivity contribution in [2.75, 3.05) is 20.3 Å². The minimum Gasteiger partial charge on any atom is -0.491 e. The molecule has 0 unspecified atom stereocenters. The Hall–Kier alpha value is -2.64. The Morgan fingerprint density at radius 3 is 2.67 bits per heavy atom. The van der Waals surface area contributed by atoms with Crippen molar-refractivity contribution in [3.8, 4) is 10.9 Å². The summed E-state index contributed by atoms with van der Waals surface area (Å²) in [6.07, 6.45) is 1.77. The molecule has 0 atom stereocenters. The lowest BCUT2D eigenvalue weighted by Gasteiger charge is -2.08. The summed E-state index contributed by atoms with van der Waals surface area (Å²) in [4.78, 5) is 17.0. The van der Waals surface area contributed by atoms with Crippen LogP contribution in [0, 0.1) is 13.8 Å². The molecule has 3 aromatic rings. The number of thiazole rings is 1. The van der Waals surface area contributed by atoms with E-state index < -0.39 is 0 Å². The first kappa shape index (κ1) is 19.1. The smallest absolute Gasteiger partial charge is 0.253 e. The number of aryl methyl sites for hydroxylation is 1. The highest BCUT2D eigenvalue weighted by Crippen LogP contribution is 2.22. The number of rotatable bonds is 8. The molecule has 1 amide bonds. The first-order valence-corrected chi connectivity index (χ1v) is 9.56. The summed E-state index contributed by atoms with van der Waals surface area (Å²) in [5.41, 5.74) is 3.56. The molecule has 0 aliphatic carbocycles. The fraction of sp³-hybridized carbons (Fsp3) is 0.300. The van der Waals surface area contributed by atoms with Crippen LogP contribution in [0.5, 0.6) is 5.75 Å². The molecule has 0 saturated heterocycles. The quantitative estimate of drug-likeness (QED) is 0.603. The van der Waals surface area contributed by atoms with Crippen LogP contribution in [0.4, 0.5) is 0 Å². The van der Waals surface area contributed by atoms with Gasteiger partial charge in [-0.3, -0.25) is 9.36 Å². The van der Waals surface area contributed by atoms with Crippen LogP contribution < -0.4 is 10.1 Å².